The minimum atomic E-state index is -0.443. The average molecular weight is 515 g/mol. The van der Waals surface area contributed by atoms with Crippen molar-refractivity contribution in [2.45, 2.75) is 31.9 Å². The molecule has 3 aliphatic rings. The quantitative estimate of drug-likeness (QED) is 0.387. The summed E-state index contributed by atoms with van der Waals surface area (Å²) in [5, 5.41) is 6.13. The van der Waals surface area contributed by atoms with Crippen molar-refractivity contribution in [1.82, 2.24) is 10.3 Å². The van der Waals surface area contributed by atoms with Gasteiger partial charge in [0.2, 0.25) is 0 Å². The summed E-state index contributed by atoms with van der Waals surface area (Å²) in [6.07, 6.45) is 2.54. The summed E-state index contributed by atoms with van der Waals surface area (Å²) in [4.78, 5) is 29.9. The Morgan fingerprint density at radius 1 is 1.05 bits per heavy atom. The van der Waals surface area contributed by atoms with Gasteiger partial charge in [0.1, 0.15) is 17.7 Å². The first-order valence-corrected chi connectivity index (χ1v) is 13.1. The molecule has 2 N–H and O–H groups in total. The zero-order chi connectivity index (χ0) is 25.9. The van der Waals surface area contributed by atoms with Gasteiger partial charge < -0.3 is 24.8 Å². The molecule has 38 heavy (non-hydrogen) atoms. The smallest absolute Gasteiger partial charge is 0.415 e. The molecule has 1 atom stereocenters. The van der Waals surface area contributed by atoms with E-state index in [1.165, 1.54) is 23.3 Å². The number of anilines is 2. The zero-order valence-corrected chi connectivity index (χ0v) is 21.0. The number of fused-ring (bicyclic) bond motifs is 1. The predicted octanol–water partition coefficient (Wildman–Crippen LogP) is 4.37. The fourth-order valence-electron chi connectivity index (χ4n) is 4.58. The van der Waals surface area contributed by atoms with E-state index in [4.69, 9.17) is 14.2 Å². The number of rotatable bonds is 10. The maximum atomic E-state index is 12.5. The van der Waals surface area contributed by atoms with Crippen molar-refractivity contribution in [1.29, 1.82) is 0 Å². The van der Waals surface area contributed by atoms with Crippen LogP contribution in [0.15, 0.2) is 60.7 Å². The predicted molar refractivity (Wildman–Crippen MR) is 142 cm³/mol. The van der Waals surface area contributed by atoms with Crippen LogP contribution in [0.5, 0.6) is 11.5 Å². The van der Waals surface area contributed by atoms with Gasteiger partial charge in [-0.25, -0.2) is 9.78 Å². The molecule has 0 bridgehead atoms. The number of benzene rings is 2. The number of aromatic nitrogens is 1. The van der Waals surface area contributed by atoms with E-state index in [9.17, 15) is 9.59 Å². The minimum absolute atomic E-state index is 0.0400. The van der Waals surface area contributed by atoms with Gasteiger partial charge in [-0.1, -0.05) is 30.3 Å². The van der Waals surface area contributed by atoms with E-state index in [2.05, 4.69) is 52.0 Å². The van der Waals surface area contributed by atoms with Gasteiger partial charge in [0.05, 0.1) is 13.2 Å². The minimum Gasteiger partial charge on any atom is -0.493 e. The first kappa shape index (κ1) is 24.2. The van der Waals surface area contributed by atoms with Crippen LogP contribution < -0.4 is 25.0 Å². The number of pyridine rings is 1. The SMILES string of the molecule is O=C1COc2ccc(N3C[C@H](CCNCc4cccc(-c5cccc(OCC6CC6)c5)c4)OC3=O)nc2N1. The Morgan fingerprint density at radius 3 is 2.76 bits per heavy atom. The topological polar surface area (TPSA) is 102 Å². The fraction of sp³-hybridized carbons (Fsp3) is 0.345. The third-order valence-corrected chi connectivity index (χ3v) is 6.86. The largest absolute Gasteiger partial charge is 0.493 e. The van der Waals surface area contributed by atoms with Crippen molar-refractivity contribution in [3.63, 3.8) is 0 Å². The number of amides is 2. The molecule has 6 rings (SSSR count). The van der Waals surface area contributed by atoms with Crippen molar-refractivity contribution in [3.8, 4) is 22.6 Å². The van der Waals surface area contributed by atoms with Crippen LogP contribution in [-0.2, 0) is 16.1 Å². The van der Waals surface area contributed by atoms with Crippen molar-refractivity contribution in [2.24, 2.45) is 5.92 Å². The van der Waals surface area contributed by atoms with Crippen molar-refractivity contribution in [2.75, 3.05) is 36.5 Å². The lowest BCUT2D eigenvalue weighted by Crippen LogP contribution is -2.29. The van der Waals surface area contributed by atoms with Crippen molar-refractivity contribution >= 4 is 23.6 Å². The molecule has 2 aliphatic heterocycles. The van der Waals surface area contributed by atoms with Crippen LogP contribution in [0, 0.1) is 5.92 Å². The van der Waals surface area contributed by atoms with E-state index in [1.807, 2.05) is 12.1 Å². The summed E-state index contributed by atoms with van der Waals surface area (Å²) in [6, 6.07) is 20.1. The van der Waals surface area contributed by atoms with Gasteiger partial charge in [-0.2, -0.15) is 0 Å². The second kappa shape index (κ2) is 10.7. The highest BCUT2D eigenvalue weighted by molar-refractivity contribution is 5.95. The first-order valence-electron chi connectivity index (χ1n) is 13.1. The van der Waals surface area contributed by atoms with Crippen LogP contribution in [0.4, 0.5) is 16.4 Å². The van der Waals surface area contributed by atoms with Crippen LogP contribution in [0.3, 0.4) is 0 Å². The van der Waals surface area contributed by atoms with Crippen molar-refractivity contribution in [3.05, 3.63) is 66.2 Å². The van der Waals surface area contributed by atoms with Crippen LogP contribution in [-0.4, -0.2) is 49.4 Å². The summed E-state index contributed by atoms with van der Waals surface area (Å²) in [5.41, 5.74) is 3.47. The van der Waals surface area contributed by atoms with Gasteiger partial charge in [0.15, 0.2) is 18.2 Å². The van der Waals surface area contributed by atoms with E-state index >= 15 is 0 Å². The highest BCUT2D eigenvalue weighted by atomic mass is 16.6. The standard InChI is InChI=1S/C29H30N4O5/c34-27-18-37-25-9-10-26(31-28(25)32-27)33-16-24(38-29(33)35)11-12-30-15-20-3-1-4-21(13-20)22-5-2-6-23(14-22)36-17-19-7-8-19/h1-6,9-10,13-14,19,24,30H,7-8,11-12,15-18H2,(H,31,32,34)/t24-/m0/s1. The molecule has 1 saturated heterocycles. The number of carbonyl (C=O) groups excluding carboxylic acids is 2. The van der Waals surface area contributed by atoms with Crippen LogP contribution in [0.2, 0.25) is 0 Å². The maximum Gasteiger partial charge on any atom is 0.415 e. The Bertz CT molecular complexity index is 1340. The number of nitrogens with one attached hydrogen (secondary N) is 2. The van der Waals surface area contributed by atoms with E-state index in [0.717, 1.165) is 29.4 Å². The highest BCUT2D eigenvalue weighted by Crippen LogP contribution is 2.32. The fourth-order valence-corrected chi connectivity index (χ4v) is 4.58. The molecular weight excluding hydrogens is 484 g/mol. The molecule has 2 fully saturated rings. The normalized spacial score (nSPS) is 18.4. The third kappa shape index (κ3) is 5.73. The summed E-state index contributed by atoms with van der Waals surface area (Å²) in [6.45, 7) is 2.57. The molecule has 3 heterocycles. The molecule has 2 aromatic carbocycles. The molecule has 9 heteroatoms. The molecule has 9 nitrogen and oxygen atoms in total. The molecule has 2 amide bonds. The Balaban J connectivity index is 0.995. The molecule has 0 spiro atoms. The number of nitrogens with zero attached hydrogens (tertiary/aromatic N) is 2. The van der Waals surface area contributed by atoms with Crippen LogP contribution in [0.1, 0.15) is 24.8 Å². The molecule has 0 radical (unpaired) electrons. The summed E-state index contributed by atoms with van der Waals surface area (Å²) in [5.74, 6) is 2.60. The Hall–Kier alpha value is -4.11. The summed E-state index contributed by atoms with van der Waals surface area (Å²) < 4.78 is 16.8. The molecule has 1 saturated carbocycles. The number of carbonyl (C=O) groups is 2. The van der Waals surface area contributed by atoms with E-state index in [0.29, 0.717) is 43.4 Å². The second-order valence-electron chi connectivity index (χ2n) is 9.92. The molecule has 3 aromatic rings. The maximum absolute atomic E-state index is 12.5. The van der Waals surface area contributed by atoms with Crippen molar-refractivity contribution < 1.29 is 23.8 Å². The van der Waals surface area contributed by atoms with Gasteiger partial charge in [-0.05, 0) is 78.7 Å². The number of ether oxygens (including phenoxy) is 3. The lowest BCUT2D eigenvalue weighted by molar-refractivity contribution is -0.118. The van der Waals surface area contributed by atoms with E-state index < -0.39 is 6.09 Å². The molecule has 1 aliphatic carbocycles. The average Bonchev–Trinajstić information content (AvgIpc) is 3.70. The summed E-state index contributed by atoms with van der Waals surface area (Å²) >= 11 is 0. The summed E-state index contributed by atoms with van der Waals surface area (Å²) in [7, 11) is 0. The molecule has 0 unspecified atom stereocenters. The number of hydrogen-bond donors (Lipinski definition) is 2. The van der Waals surface area contributed by atoms with Gasteiger partial charge in [-0.15, -0.1) is 0 Å². The monoisotopic (exact) mass is 514 g/mol. The second-order valence-corrected chi connectivity index (χ2v) is 9.92. The van der Waals surface area contributed by atoms with Gasteiger partial charge >= 0.3 is 6.09 Å². The molecule has 1 aromatic heterocycles. The Kier molecular flexibility index (Phi) is 6.83. The zero-order valence-electron chi connectivity index (χ0n) is 21.0. The van der Waals surface area contributed by atoms with Crippen LogP contribution in [0.25, 0.3) is 11.1 Å². The molecular formula is C29H30N4O5. The first-order chi connectivity index (χ1) is 18.6. The Morgan fingerprint density at radius 2 is 1.89 bits per heavy atom. The lowest BCUT2D eigenvalue weighted by Gasteiger charge is -2.19. The van der Waals surface area contributed by atoms with Gasteiger partial charge in [0, 0.05) is 6.54 Å². The third-order valence-electron chi connectivity index (χ3n) is 6.86. The molecule has 196 valence electrons. The van der Waals surface area contributed by atoms with E-state index in [-0.39, 0.29) is 18.6 Å². The Labute approximate surface area is 221 Å². The van der Waals surface area contributed by atoms with Gasteiger partial charge in [-0.3, -0.25) is 9.69 Å². The number of hydrogen-bond acceptors (Lipinski definition) is 7. The van der Waals surface area contributed by atoms with E-state index in [1.54, 1.807) is 12.1 Å². The van der Waals surface area contributed by atoms with Gasteiger partial charge in [0.25, 0.3) is 5.91 Å². The highest BCUT2D eigenvalue weighted by Gasteiger charge is 2.33. The van der Waals surface area contributed by atoms with Crippen LogP contribution >= 0.6 is 0 Å². The number of cyclic esters (lactones) is 1. The lowest BCUT2D eigenvalue weighted by atomic mass is 10.0.